The number of hydrogen-bond donors (Lipinski definition) is 1. The molecule has 6 heteroatoms. The van der Waals surface area contributed by atoms with E-state index in [-0.39, 0.29) is 5.97 Å². The Bertz CT molecular complexity index is 596. The molecule has 1 saturated heterocycles. The summed E-state index contributed by atoms with van der Waals surface area (Å²) in [5, 5.41) is 11.9. The van der Waals surface area contributed by atoms with E-state index >= 15 is 0 Å². The van der Waals surface area contributed by atoms with Gasteiger partial charge in [-0.05, 0) is 50.3 Å². The summed E-state index contributed by atoms with van der Waals surface area (Å²) in [4.78, 5) is 13.9. The number of likely N-dealkylation sites (tertiary alicyclic amines) is 1. The van der Waals surface area contributed by atoms with Crippen molar-refractivity contribution in [2.24, 2.45) is 5.92 Å². The molecular weight excluding hydrogens is 328 g/mol. The van der Waals surface area contributed by atoms with Gasteiger partial charge in [-0.15, -0.1) is 10.2 Å². The molecule has 1 aliphatic heterocycles. The summed E-state index contributed by atoms with van der Waals surface area (Å²) in [6.07, 6.45) is 11.2. The minimum absolute atomic E-state index is 0.361. The second-order valence-corrected chi connectivity index (χ2v) is 7.32. The van der Waals surface area contributed by atoms with Gasteiger partial charge in [-0.2, -0.15) is 0 Å². The molecule has 0 amide bonds. The van der Waals surface area contributed by atoms with E-state index in [9.17, 15) is 4.79 Å². The van der Waals surface area contributed by atoms with Gasteiger partial charge in [-0.25, -0.2) is 4.79 Å². The number of anilines is 1. The molecule has 6 nitrogen and oxygen atoms in total. The summed E-state index contributed by atoms with van der Waals surface area (Å²) < 4.78 is 4.85. The van der Waals surface area contributed by atoms with Crippen LogP contribution in [0.1, 0.15) is 51.1 Å². The molecule has 0 unspecified atom stereocenters. The van der Waals surface area contributed by atoms with E-state index in [1.807, 2.05) is 12.1 Å². The number of hydrogen-bond acceptors (Lipinski definition) is 6. The number of esters is 1. The number of nitrogens with one attached hydrogen (secondary N) is 1. The highest BCUT2D eigenvalue weighted by Crippen LogP contribution is 2.26. The Labute approximate surface area is 156 Å². The maximum absolute atomic E-state index is 11.3. The van der Waals surface area contributed by atoms with Crippen molar-refractivity contribution in [3.8, 4) is 0 Å². The van der Waals surface area contributed by atoms with Crippen LogP contribution in [0.3, 0.4) is 0 Å². The zero-order chi connectivity index (χ0) is 18.2. The minimum atomic E-state index is -0.361. The van der Waals surface area contributed by atoms with Crippen LogP contribution in [0.2, 0.25) is 0 Å². The Morgan fingerprint density at radius 3 is 2.85 bits per heavy atom. The maximum atomic E-state index is 11.3. The summed E-state index contributed by atoms with van der Waals surface area (Å²) in [6, 6.07) is 4.22. The third-order valence-electron chi connectivity index (χ3n) is 5.23. The van der Waals surface area contributed by atoms with Crippen LogP contribution in [-0.4, -0.2) is 53.3 Å². The molecule has 0 radical (unpaired) electrons. The van der Waals surface area contributed by atoms with Crippen LogP contribution in [0.25, 0.3) is 6.08 Å². The molecule has 1 aromatic rings. The standard InChI is InChI=1S/C20H30N4O2/c1-2-26-20(25)11-9-17-8-10-19(23-22-17)21-18-12-13-24(15-18)14-16-6-4-3-5-7-16/h8-11,16,18H,2-7,12-15H2,1H3,(H,21,23)/t18-/m1/s1. The van der Waals surface area contributed by atoms with Crippen LogP contribution < -0.4 is 5.32 Å². The van der Waals surface area contributed by atoms with Gasteiger partial charge in [-0.3, -0.25) is 0 Å². The molecular formula is C20H30N4O2. The second-order valence-electron chi connectivity index (χ2n) is 7.32. The maximum Gasteiger partial charge on any atom is 0.330 e. The third kappa shape index (κ3) is 5.80. The van der Waals surface area contributed by atoms with Crippen molar-refractivity contribution in [3.63, 3.8) is 0 Å². The second kappa shape index (κ2) is 9.67. The SMILES string of the molecule is CCOC(=O)C=Cc1ccc(N[C@@H]2CCN(CC3CCCCC3)C2)nn1. The lowest BCUT2D eigenvalue weighted by atomic mass is 9.89. The fraction of sp³-hybridized carbons (Fsp3) is 0.650. The molecule has 1 atom stereocenters. The average molecular weight is 358 g/mol. The zero-order valence-corrected chi connectivity index (χ0v) is 15.7. The molecule has 1 saturated carbocycles. The molecule has 0 aromatic carbocycles. The highest BCUT2D eigenvalue weighted by atomic mass is 16.5. The minimum Gasteiger partial charge on any atom is -0.463 e. The van der Waals surface area contributed by atoms with Gasteiger partial charge >= 0.3 is 5.97 Å². The number of aromatic nitrogens is 2. The van der Waals surface area contributed by atoms with Crippen molar-refractivity contribution in [1.29, 1.82) is 0 Å². The van der Waals surface area contributed by atoms with Gasteiger partial charge in [-0.1, -0.05) is 19.3 Å². The number of nitrogens with zero attached hydrogens (tertiary/aromatic N) is 3. The predicted octanol–water partition coefficient (Wildman–Crippen LogP) is 3.12. The van der Waals surface area contributed by atoms with Crippen molar-refractivity contribution in [2.75, 3.05) is 31.6 Å². The van der Waals surface area contributed by atoms with E-state index in [4.69, 9.17) is 4.74 Å². The summed E-state index contributed by atoms with van der Waals surface area (Å²) in [6.45, 7) is 5.66. The fourth-order valence-corrected chi connectivity index (χ4v) is 3.91. The Hall–Kier alpha value is -1.95. The Balaban J connectivity index is 1.43. The van der Waals surface area contributed by atoms with E-state index in [0.29, 0.717) is 18.3 Å². The zero-order valence-electron chi connectivity index (χ0n) is 15.7. The highest BCUT2D eigenvalue weighted by molar-refractivity contribution is 5.86. The topological polar surface area (TPSA) is 67.3 Å². The average Bonchev–Trinajstić information content (AvgIpc) is 3.09. The van der Waals surface area contributed by atoms with Gasteiger partial charge in [0.25, 0.3) is 0 Å². The van der Waals surface area contributed by atoms with Crippen LogP contribution in [0, 0.1) is 5.92 Å². The van der Waals surface area contributed by atoms with Gasteiger partial charge in [0, 0.05) is 31.8 Å². The van der Waals surface area contributed by atoms with Crippen LogP contribution in [-0.2, 0) is 9.53 Å². The molecule has 26 heavy (non-hydrogen) atoms. The first kappa shape index (κ1) is 18.8. The number of carbonyl (C=O) groups is 1. The van der Waals surface area contributed by atoms with Crippen molar-refractivity contribution >= 4 is 17.9 Å². The van der Waals surface area contributed by atoms with Gasteiger partial charge in [0.15, 0.2) is 0 Å². The van der Waals surface area contributed by atoms with E-state index in [1.165, 1.54) is 51.3 Å². The first-order valence-corrected chi connectivity index (χ1v) is 9.90. The summed E-state index contributed by atoms with van der Waals surface area (Å²) in [7, 11) is 0. The van der Waals surface area contributed by atoms with Crippen molar-refractivity contribution in [1.82, 2.24) is 15.1 Å². The molecule has 1 N–H and O–H groups in total. The molecule has 1 aromatic heterocycles. The first-order valence-electron chi connectivity index (χ1n) is 9.90. The smallest absolute Gasteiger partial charge is 0.330 e. The number of ether oxygens (including phenoxy) is 1. The van der Waals surface area contributed by atoms with E-state index in [2.05, 4.69) is 20.4 Å². The Morgan fingerprint density at radius 2 is 2.12 bits per heavy atom. The predicted molar refractivity (Wildman–Crippen MR) is 103 cm³/mol. The van der Waals surface area contributed by atoms with Crippen LogP contribution in [0.15, 0.2) is 18.2 Å². The lowest BCUT2D eigenvalue weighted by Crippen LogP contribution is -2.31. The van der Waals surface area contributed by atoms with Gasteiger partial charge in [0.05, 0.1) is 12.3 Å². The molecule has 3 rings (SSSR count). The lowest BCUT2D eigenvalue weighted by molar-refractivity contribution is -0.137. The van der Waals surface area contributed by atoms with Gasteiger partial charge in [0.2, 0.25) is 0 Å². The Kier molecular flexibility index (Phi) is 7.00. The van der Waals surface area contributed by atoms with E-state index in [1.54, 1.807) is 13.0 Å². The fourth-order valence-electron chi connectivity index (χ4n) is 3.91. The molecule has 2 fully saturated rings. The molecule has 142 valence electrons. The van der Waals surface area contributed by atoms with Crippen LogP contribution >= 0.6 is 0 Å². The largest absolute Gasteiger partial charge is 0.463 e. The number of carbonyl (C=O) groups excluding carboxylic acids is 1. The highest BCUT2D eigenvalue weighted by Gasteiger charge is 2.25. The van der Waals surface area contributed by atoms with Crippen molar-refractivity contribution in [2.45, 2.75) is 51.5 Å². The summed E-state index contributed by atoms with van der Waals surface area (Å²) in [5.41, 5.74) is 0.647. The molecule has 1 aliphatic carbocycles. The number of rotatable bonds is 7. The Morgan fingerprint density at radius 1 is 1.27 bits per heavy atom. The quantitative estimate of drug-likeness (QED) is 0.597. The van der Waals surface area contributed by atoms with Crippen LogP contribution in [0.5, 0.6) is 0 Å². The van der Waals surface area contributed by atoms with Gasteiger partial charge in [0.1, 0.15) is 5.82 Å². The molecule has 2 heterocycles. The monoisotopic (exact) mass is 358 g/mol. The van der Waals surface area contributed by atoms with E-state index < -0.39 is 0 Å². The van der Waals surface area contributed by atoms with Crippen LogP contribution in [0.4, 0.5) is 5.82 Å². The van der Waals surface area contributed by atoms with Crippen molar-refractivity contribution < 1.29 is 9.53 Å². The third-order valence-corrected chi connectivity index (χ3v) is 5.23. The normalized spacial score (nSPS) is 22.0. The molecule has 0 bridgehead atoms. The molecule has 2 aliphatic rings. The van der Waals surface area contributed by atoms with E-state index in [0.717, 1.165) is 24.7 Å². The summed E-state index contributed by atoms with van der Waals surface area (Å²) in [5.74, 6) is 1.33. The van der Waals surface area contributed by atoms with Crippen molar-refractivity contribution in [3.05, 3.63) is 23.9 Å². The molecule has 0 spiro atoms. The lowest BCUT2D eigenvalue weighted by Gasteiger charge is -2.26. The summed E-state index contributed by atoms with van der Waals surface area (Å²) >= 11 is 0. The first-order chi connectivity index (χ1) is 12.7. The van der Waals surface area contributed by atoms with Gasteiger partial charge < -0.3 is 15.0 Å².